The molecule has 0 unspecified atom stereocenters. The summed E-state index contributed by atoms with van der Waals surface area (Å²) in [4.78, 5) is 31.7. The molecule has 6 N–H and O–H groups in total. The number of carbonyl (C=O) groups is 1. The average molecular weight is 259 g/mol. The molecule has 1 aromatic rings. The topological polar surface area (TPSA) is 153 Å². The number of carboxylic acid groups (broad SMARTS) is 1. The number of phosphoric acid groups is 1. The van der Waals surface area contributed by atoms with Crippen LogP contribution in [0.4, 0.5) is 0 Å². The van der Waals surface area contributed by atoms with Gasteiger partial charge in [-0.15, -0.1) is 0 Å². The van der Waals surface area contributed by atoms with E-state index < -0.39 is 13.8 Å². The zero-order valence-corrected chi connectivity index (χ0v) is 11.5. The third kappa shape index (κ3) is 16.2. The van der Waals surface area contributed by atoms with Gasteiger partial charge in [-0.3, -0.25) is 0 Å². The van der Waals surface area contributed by atoms with Crippen LogP contribution >= 0.6 is 7.82 Å². The number of hydrogen-bond acceptors (Lipinski definition) is 4. The fraction of sp³-hybridized carbons (Fsp3) is 0. The van der Waals surface area contributed by atoms with Gasteiger partial charge in [0, 0.05) is 0 Å². The molecule has 9 heteroatoms. The second kappa shape index (κ2) is 9.95. The molecule has 0 heterocycles. The van der Waals surface area contributed by atoms with E-state index in [1.807, 2.05) is 0 Å². The Labute approximate surface area is 114 Å². The van der Waals surface area contributed by atoms with Crippen molar-refractivity contribution in [3.05, 3.63) is 35.9 Å². The quantitative estimate of drug-likeness (QED) is 0.299. The molecule has 7 nitrogen and oxygen atoms in total. The predicted molar refractivity (Wildman–Crippen MR) is 50.1 cm³/mol. The molecule has 16 heavy (non-hydrogen) atoms. The van der Waals surface area contributed by atoms with Gasteiger partial charge < -0.3 is 30.7 Å². The van der Waals surface area contributed by atoms with Crippen molar-refractivity contribution in [1.82, 2.24) is 6.15 Å². The van der Waals surface area contributed by atoms with E-state index >= 15 is 0 Å². The van der Waals surface area contributed by atoms with Crippen molar-refractivity contribution in [3.63, 3.8) is 0 Å². The van der Waals surface area contributed by atoms with Gasteiger partial charge in [0.2, 0.25) is 0 Å². The van der Waals surface area contributed by atoms with Crippen LogP contribution in [0.2, 0.25) is 0 Å². The minimum Gasteiger partial charge on any atom is -0.545 e. The first kappa shape index (κ1) is 21.1. The summed E-state index contributed by atoms with van der Waals surface area (Å²) in [7, 11) is -4.64. The predicted octanol–water partition coefficient (Wildman–Crippen LogP) is -3.71. The molecule has 0 aliphatic carbocycles. The molecule has 0 aliphatic rings. The summed E-state index contributed by atoms with van der Waals surface area (Å²) in [6, 6.07) is 8.06. The molecule has 0 saturated heterocycles. The van der Waals surface area contributed by atoms with Crippen molar-refractivity contribution < 1.29 is 58.7 Å². The molecule has 0 saturated carbocycles. The number of carboxylic acids is 1. The zero-order valence-electron chi connectivity index (χ0n) is 8.61. The maximum absolute atomic E-state index is 10.1. The van der Waals surface area contributed by atoms with Gasteiger partial charge in [0.15, 0.2) is 0 Å². The third-order valence-corrected chi connectivity index (χ3v) is 1.01. The minimum atomic E-state index is -4.64. The maximum Gasteiger partial charge on any atom is 1.00 e. The molecular weight excluding hydrogens is 248 g/mol. The Morgan fingerprint density at radius 3 is 1.62 bits per heavy atom. The molecule has 0 bridgehead atoms. The molecule has 0 radical (unpaired) electrons. The number of hydrogen-bond donors (Lipinski definition) is 4. The first-order valence-electron chi connectivity index (χ1n) is 3.35. The van der Waals surface area contributed by atoms with E-state index in [1.165, 1.54) is 12.1 Å². The van der Waals surface area contributed by atoms with Crippen LogP contribution in [-0.2, 0) is 4.57 Å². The van der Waals surface area contributed by atoms with Crippen LogP contribution in [0.15, 0.2) is 30.3 Å². The largest absolute Gasteiger partial charge is 1.00 e. The summed E-state index contributed by atoms with van der Waals surface area (Å²) < 4.78 is 8.88. The van der Waals surface area contributed by atoms with E-state index in [4.69, 9.17) is 19.2 Å². The second-order valence-electron chi connectivity index (χ2n) is 2.17. The van der Waals surface area contributed by atoms with Gasteiger partial charge in [-0.2, -0.15) is 0 Å². The van der Waals surface area contributed by atoms with E-state index in [2.05, 4.69) is 0 Å². The summed E-state index contributed by atoms with van der Waals surface area (Å²) >= 11 is 0. The number of carbonyl (C=O) groups excluding carboxylic acids is 1. The third-order valence-electron chi connectivity index (χ3n) is 1.01. The summed E-state index contributed by atoms with van der Waals surface area (Å²) in [6.45, 7) is 0. The van der Waals surface area contributed by atoms with E-state index in [1.54, 1.807) is 18.2 Å². The molecule has 1 rings (SSSR count). The van der Waals surface area contributed by atoms with Crippen molar-refractivity contribution in [2.75, 3.05) is 0 Å². The first-order valence-corrected chi connectivity index (χ1v) is 4.92. The maximum atomic E-state index is 10.1. The van der Waals surface area contributed by atoms with Gasteiger partial charge in [0.05, 0.1) is 5.97 Å². The standard InChI is InChI=1S/C7H6O2.H3N.Na.H3O4P/c8-7(9)6-4-2-1-3-5-6;;;1-5(2,3)4/h1-5H,(H,8,9);1H3;;(H3,1,2,3,4)/q;;+1;/p-1. The van der Waals surface area contributed by atoms with E-state index in [-0.39, 0.29) is 41.3 Å². The number of aromatic carboxylic acids is 1. The van der Waals surface area contributed by atoms with E-state index in [0.29, 0.717) is 0 Å². The van der Waals surface area contributed by atoms with Gasteiger partial charge in [-0.25, -0.2) is 4.57 Å². The normalized spacial score (nSPS) is 8.69. The molecule has 0 amide bonds. The van der Waals surface area contributed by atoms with Crippen molar-refractivity contribution in [2.45, 2.75) is 0 Å². The van der Waals surface area contributed by atoms with Crippen LogP contribution < -0.4 is 40.8 Å². The Bertz CT molecular complexity index is 332. The summed E-state index contributed by atoms with van der Waals surface area (Å²) in [5, 5.41) is 10.1. The van der Waals surface area contributed by atoms with Gasteiger partial charge in [0.1, 0.15) is 0 Å². The molecule has 86 valence electrons. The van der Waals surface area contributed by atoms with Crippen LogP contribution in [-0.4, -0.2) is 20.6 Å². The van der Waals surface area contributed by atoms with E-state index in [9.17, 15) is 9.90 Å². The molecule has 0 aliphatic heterocycles. The van der Waals surface area contributed by atoms with Gasteiger partial charge in [-0.1, -0.05) is 30.3 Å². The number of benzene rings is 1. The van der Waals surface area contributed by atoms with E-state index in [0.717, 1.165) is 0 Å². The molecule has 1 aromatic carbocycles. The van der Waals surface area contributed by atoms with Crippen LogP contribution in [0.3, 0.4) is 0 Å². The van der Waals surface area contributed by atoms with Crippen LogP contribution in [0.25, 0.3) is 0 Å². The van der Waals surface area contributed by atoms with Gasteiger partial charge in [0.25, 0.3) is 0 Å². The zero-order chi connectivity index (χ0) is 11.2. The Morgan fingerprint density at radius 2 is 1.44 bits per heavy atom. The van der Waals surface area contributed by atoms with Crippen LogP contribution in [0.1, 0.15) is 10.4 Å². The van der Waals surface area contributed by atoms with Crippen LogP contribution in [0, 0.1) is 0 Å². The summed E-state index contributed by atoms with van der Waals surface area (Å²) in [5.74, 6) is -1.13. The molecule has 0 atom stereocenters. The van der Waals surface area contributed by atoms with Crippen molar-refractivity contribution in [1.29, 1.82) is 0 Å². The molecular formula is C7H11NNaO6P. The SMILES string of the molecule is N.O=C([O-])c1ccccc1.O=P(O)(O)O.[Na+]. The van der Waals surface area contributed by atoms with Crippen molar-refractivity contribution in [2.24, 2.45) is 0 Å². The monoisotopic (exact) mass is 259 g/mol. The number of rotatable bonds is 1. The molecule has 0 spiro atoms. The van der Waals surface area contributed by atoms with Crippen molar-refractivity contribution in [3.8, 4) is 0 Å². The first-order chi connectivity index (χ1) is 6.30. The molecule has 0 fully saturated rings. The summed E-state index contributed by atoms with van der Waals surface area (Å²) in [5.41, 5.74) is 0.220. The van der Waals surface area contributed by atoms with Crippen LogP contribution in [0.5, 0.6) is 0 Å². The Morgan fingerprint density at radius 1 is 1.12 bits per heavy atom. The van der Waals surface area contributed by atoms with Gasteiger partial charge >= 0.3 is 37.4 Å². The Kier molecular flexibility index (Phi) is 13.1. The minimum absolute atomic E-state index is 0. The average Bonchev–Trinajstić information content (AvgIpc) is 2.03. The smallest absolute Gasteiger partial charge is 0.545 e. The fourth-order valence-corrected chi connectivity index (χ4v) is 0.574. The molecule has 0 aromatic heterocycles. The Hall–Kier alpha value is -0.240. The van der Waals surface area contributed by atoms with Crippen molar-refractivity contribution >= 4 is 13.8 Å². The Balaban J connectivity index is -0.000000214. The van der Waals surface area contributed by atoms with Gasteiger partial charge in [-0.05, 0) is 5.56 Å². The fourth-order valence-electron chi connectivity index (χ4n) is 0.574. The second-order valence-corrected chi connectivity index (χ2v) is 3.19. The summed E-state index contributed by atoms with van der Waals surface area (Å²) in [6.07, 6.45) is 0.